The predicted octanol–water partition coefficient (Wildman–Crippen LogP) is 0.645. The molecule has 104 valence electrons. The predicted molar refractivity (Wildman–Crippen MR) is 69.5 cm³/mol. The topological polar surface area (TPSA) is 98.5 Å². The van der Waals surface area contributed by atoms with Crippen LogP contribution in [0.1, 0.15) is 12.8 Å². The summed E-state index contributed by atoms with van der Waals surface area (Å²) < 4.78 is 27.4. The van der Waals surface area contributed by atoms with Crippen LogP contribution in [0.25, 0.3) is 0 Å². The first-order chi connectivity index (χ1) is 8.86. The van der Waals surface area contributed by atoms with Crippen LogP contribution in [0.4, 0.5) is 0 Å². The molecule has 0 aromatic heterocycles. The molecule has 2 rings (SSSR count). The smallest absolute Gasteiger partial charge is 0.258 e. The van der Waals surface area contributed by atoms with Gasteiger partial charge in [-0.1, -0.05) is 11.6 Å². The molecule has 0 radical (unpaired) electrons. The normalized spacial score (nSPS) is 15.1. The number of sulfonamides is 1. The van der Waals surface area contributed by atoms with E-state index in [1.807, 2.05) is 0 Å². The van der Waals surface area contributed by atoms with Crippen LogP contribution in [0.15, 0.2) is 23.1 Å². The molecule has 1 amide bonds. The second-order valence-electron chi connectivity index (χ2n) is 4.27. The SMILES string of the molecule is NS(=O)(=O)c1ccc(OCC(=O)NC2CC2)c(Cl)c1. The van der Waals surface area contributed by atoms with Gasteiger partial charge in [-0.2, -0.15) is 0 Å². The Labute approximate surface area is 115 Å². The summed E-state index contributed by atoms with van der Waals surface area (Å²) in [5.74, 6) is 0.00843. The third-order valence-corrected chi connectivity index (χ3v) is 3.74. The van der Waals surface area contributed by atoms with Crippen LogP contribution >= 0.6 is 11.6 Å². The van der Waals surface area contributed by atoms with Gasteiger partial charge in [-0.05, 0) is 31.0 Å². The van der Waals surface area contributed by atoms with Gasteiger partial charge in [0.05, 0.1) is 9.92 Å². The molecule has 1 saturated carbocycles. The van der Waals surface area contributed by atoms with Crippen molar-refractivity contribution in [1.29, 1.82) is 0 Å². The van der Waals surface area contributed by atoms with Crippen LogP contribution in [0.5, 0.6) is 5.75 Å². The Morgan fingerprint density at radius 1 is 1.47 bits per heavy atom. The van der Waals surface area contributed by atoms with Crippen molar-refractivity contribution < 1.29 is 17.9 Å². The van der Waals surface area contributed by atoms with Crippen molar-refractivity contribution in [3.63, 3.8) is 0 Å². The van der Waals surface area contributed by atoms with Gasteiger partial charge >= 0.3 is 0 Å². The minimum Gasteiger partial charge on any atom is -0.482 e. The van der Waals surface area contributed by atoms with Crippen molar-refractivity contribution in [2.45, 2.75) is 23.8 Å². The average molecular weight is 305 g/mol. The van der Waals surface area contributed by atoms with Crippen LogP contribution in [-0.4, -0.2) is 27.0 Å². The summed E-state index contributed by atoms with van der Waals surface area (Å²) in [4.78, 5) is 11.3. The Kier molecular flexibility index (Phi) is 3.98. The first kappa shape index (κ1) is 14.1. The second-order valence-corrected chi connectivity index (χ2v) is 6.24. The van der Waals surface area contributed by atoms with Crippen LogP contribution < -0.4 is 15.2 Å². The highest BCUT2D eigenvalue weighted by Gasteiger charge is 2.23. The zero-order valence-electron chi connectivity index (χ0n) is 9.93. The van der Waals surface area contributed by atoms with Gasteiger partial charge in [0.1, 0.15) is 5.75 Å². The van der Waals surface area contributed by atoms with Gasteiger partial charge in [-0.25, -0.2) is 13.6 Å². The van der Waals surface area contributed by atoms with E-state index in [0.717, 1.165) is 12.8 Å². The molecule has 1 fully saturated rings. The number of halogens is 1. The molecule has 0 heterocycles. The largest absolute Gasteiger partial charge is 0.482 e. The minimum atomic E-state index is -3.80. The Morgan fingerprint density at radius 3 is 2.68 bits per heavy atom. The van der Waals surface area contributed by atoms with Crippen molar-refractivity contribution in [1.82, 2.24) is 5.32 Å². The molecule has 6 nitrogen and oxygen atoms in total. The Morgan fingerprint density at radius 2 is 2.16 bits per heavy atom. The molecule has 0 saturated heterocycles. The summed E-state index contributed by atoms with van der Waals surface area (Å²) in [6, 6.07) is 4.09. The summed E-state index contributed by atoms with van der Waals surface area (Å²) in [6.45, 7) is -0.162. The van der Waals surface area contributed by atoms with E-state index < -0.39 is 10.0 Å². The molecule has 0 unspecified atom stereocenters. The minimum absolute atomic E-state index is 0.0887. The van der Waals surface area contributed by atoms with E-state index >= 15 is 0 Å². The third kappa shape index (κ3) is 4.09. The number of carbonyl (C=O) groups excluding carboxylic acids is 1. The number of nitrogens with one attached hydrogen (secondary N) is 1. The average Bonchev–Trinajstić information content (AvgIpc) is 3.10. The highest BCUT2D eigenvalue weighted by Crippen LogP contribution is 2.27. The van der Waals surface area contributed by atoms with Crippen molar-refractivity contribution >= 4 is 27.5 Å². The number of nitrogens with two attached hydrogens (primary N) is 1. The van der Waals surface area contributed by atoms with Gasteiger partial charge in [-0.15, -0.1) is 0 Å². The number of benzene rings is 1. The van der Waals surface area contributed by atoms with Gasteiger partial charge < -0.3 is 10.1 Å². The molecule has 1 aromatic rings. The van der Waals surface area contributed by atoms with Gasteiger partial charge in [0.2, 0.25) is 10.0 Å². The lowest BCUT2D eigenvalue weighted by molar-refractivity contribution is -0.123. The molecule has 0 aliphatic heterocycles. The lowest BCUT2D eigenvalue weighted by Crippen LogP contribution is -2.30. The molecular weight excluding hydrogens is 292 g/mol. The number of hydrogen-bond acceptors (Lipinski definition) is 4. The zero-order valence-corrected chi connectivity index (χ0v) is 11.5. The van der Waals surface area contributed by atoms with E-state index in [9.17, 15) is 13.2 Å². The van der Waals surface area contributed by atoms with Gasteiger partial charge in [0, 0.05) is 6.04 Å². The van der Waals surface area contributed by atoms with E-state index in [2.05, 4.69) is 5.32 Å². The van der Waals surface area contributed by atoms with Crippen LogP contribution in [0, 0.1) is 0 Å². The molecule has 0 atom stereocenters. The lowest BCUT2D eigenvalue weighted by Gasteiger charge is -2.09. The van der Waals surface area contributed by atoms with E-state index in [1.165, 1.54) is 18.2 Å². The van der Waals surface area contributed by atoms with E-state index in [4.69, 9.17) is 21.5 Å². The Balaban J connectivity index is 1.98. The number of primary sulfonamides is 1. The molecule has 0 bridgehead atoms. The summed E-state index contributed by atoms with van der Waals surface area (Å²) in [7, 11) is -3.80. The molecule has 1 aliphatic carbocycles. The van der Waals surface area contributed by atoms with Crippen LogP contribution in [-0.2, 0) is 14.8 Å². The number of carbonyl (C=O) groups is 1. The summed E-state index contributed by atoms with van der Waals surface area (Å²) in [5.41, 5.74) is 0. The molecule has 0 spiro atoms. The second kappa shape index (κ2) is 5.36. The lowest BCUT2D eigenvalue weighted by atomic mass is 10.3. The van der Waals surface area contributed by atoms with Crippen molar-refractivity contribution in [3.05, 3.63) is 23.2 Å². The maximum atomic E-state index is 11.4. The van der Waals surface area contributed by atoms with E-state index in [1.54, 1.807) is 0 Å². The maximum absolute atomic E-state index is 11.4. The zero-order chi connectivity index (χ0) is 14.0. The van der Waals surface area contributed by atoms with Gasteiger partial charge in [0.15, 0.2) is 6.61 Å². The molecule has 19 heavy (non-hydrogen) atoms. The number of ether oxygens (including phenoxy) is 1. The highest BCUT2D eigenvalue weighted by molar-refractivity contribution is 7.89. The van der Waals surface area contributed by atoms with Crippen molar-refractivity contribution in [3.8, 4) is 5.75 Å². The fraction of sp³-hybridized carbons (Fsp3) is 0.364. The molecule has 1 aliphatic rings. The number of amides is 1. The summed E-state index contributed by atoms with van der Waals surface area (Å²) in [5, 5.41) is 7.81. The standard InChI is InChI=1S/C11H13ClN2O4S/c12-9-5-8(19(13,16)17)3-4-10(9)18-6-11(15)14-7-1-2-7/h3-5,7H,1-2,6H2,(H,14,15)(H2,13,16,17). The number of hydrogen-bond donors (Lipinski definition) is 2. The monoisotopic (exact) mass is 304 g/mol. The van der Waals surface area contributed by atoms with Gasteiger partial charge in [-0.3, -0.25) is 4.79 Å². The maximum Gasteiger partial charge on any atom is 0.258 e. The van der Waals surface area contributed by atoms with E-state index in [-0.39, 0.29) is 34.2 Å². The number of rotatable bonds is 5. The Bertz CT molecular complexity index is 599. The van der Waals surface area contributed by atoms with Gasteiger partial charge in [0.25, 0.3) is 5.91 Å². The molecule has 8 heteroatoms. The summed E-state index contributed by atoms with van der Waals surface area (Å²) in [6.07, 6.45) is 1.99. The fourth-order valence-electron chi connectivity index (χ4n) is 1.42. The van der Waals surface area contributed by atoms with Crippen LogP contribution in [0.3, 0.4) is 0 Å². The molecule has 3 N–H and O–H groups in total. The fourth-order valence-corrected chi connectivity index (χ4v) is 2.26. The highest BCUT2D eigenvalue weighted by atomic mass is 35.5. The first-order valence-corrected chi connectivity index (χ1v) is 7.53. The Hall–Kier alpha value is -1.31. The van der Waals surface area contributed by atoms with Crippen molar-refractivity contribution in [2.24, 2.45) is 5.14 Å². The van der Waals surface area contributed by atoms with E-state index in [0.29, 0.717) is 0 Å². The quantitative estimate of drug-likeness (QED) is 0.834. The first-order valence-electron chi connectivity index (χ1n) is 5.61. The third-order valence-electron chi connectivity index (χ3n) is 2.53. The van der Waals surface area contributed by atoms with Crippen LogP contribution in [0.2, 0.25) is 5.02 Å². The summed E-state index contributed by atoms with van der Waals surface area (Å²) >= 11 is 5.86. The molecular formula is C11H13ClN2O4S. The van der Waals surface area contributed by atoms with Crippen molar-refractivity contribution in [2.75, 3.05) is 6.61 Å². The molecule has 1 aromatic carbocycles.